The van der Waals surface area contributed by atoms with E-state index in [1.54, 1.807) is 18.2 Å². The van der Waals surface area contributed by atoms with Gasteiger partial charge in [-0.15, -0.1) is 0 Å². The molecule has 0 bridgehead atoms. The van der Waals surface area contributed by atoms with E-state index in [0.717, 1.165) is 5.56 Å². The molecule has 1 aromatic carbocycles. The zero-order valence-corrected chi connectivity index (χ0v) is 8.71. The highest BCUT2D eigenvalue weighted by Crippen LogP contribution is 2.18. The molecule has 3 heteroatoms. The smallest absolute Gasteiger partial charge is 0.0577 e. The highest BCUT2D eigenvalue weighted by atomic mass is 35.5. The first-order valence-corrected chi connectivity index (χ1v) is 4.57. The van der Waals surface area contributed by atoms with Crippen LogP contribution in [0, 0.1) is 11.8 Å². The number of benzene rings is 1. The van der Waals surface area contributed by atoms with Gasteiger partial charge in [-0.2, -0.15) is 0 Å². The number of hydrogen-bond donors (Lipinski definition) is 1. The van der Waals surface area contributed by atoms with Crippen LogP contribution in [-0.2, 0) is 0 Å². The Balaban J connectivity index is 2.85. The molecular formula is C10H9Cl2N. The van der Waals surface area contributed by atoms with Crippen LogP contribution in [0.25, 0.3) is 0 Å². The predicted octanol–water partition coefficient (Wildman–Crippen LogP) is 2.56. The second kappa shape index (κ2) is 5.14. The third kappa shape index (κ3) is 3.69. The van der Waals surface area contributed by atoms with Crippen LogP contribution in [0.15, 0.2) is 18.2 Å². The standard InChI is InChI=1S/C10H9Cl2N/c1-13-4-2-3-8-5-9(11)7-10(12)6-8/h5-7,13H,4H2,1H3. The summed E-state index contributed by atoms with van der Waals surface area (Å²) >= 11 is 11.6. The van der Waals surface area contributed by atoms with E-state index < -0.39 is 0 Å². The fourth-order valence-electron chi connectivity index (χ4n) is 0.861. The first-order valence-electron chi connectivity index (χ1n) is 3.82. The molecule has 1 rings (SSSR count). The Hall–Kier alpha value is -0.680. The first-order chi connectivity index (χ1) is 6.22. The van der Waals surface area contributed by atoms with Crippen LogP contribution < -0.4 is 5.32 Å². The van der Waals surface area contributed by atoms with Gasteiger partial charge >= 0.3 is 0 Å². The van der Waals surface area contributed by atoms with Gasteiger partial charge in [0.2, 0.25) is 0 Å². The van der Waals surface area contributed by atoms with Gasteiger partial charge in [-0.3, -0.25) is 0 Å². The van der Waals surface area contributed by atoms with Gasteiger partial charge in [0.05, 0.1) is 6.54 Å². The fourth-order valence-corrected chi connectivity index (χ4v) is 1.39. The number of rotatable bonds is 1. The zero-order chi connectivity index (χ0) is 9.68. The summed E-state index contributed by atoms with van der Waals surface area (Å²) in [5.74, 6) is 5.87. The minimum absolute atomic E-state index is 0.612. The average Bonchev–Trinajstić information content (AvgIpc) is 2.03. The van der Waals surface area contributed by atoms with E-state index in [1.165, 1.54) is 0 Å². The van der Waals surface area contributed by atoms with E-state index in [9.17, 15) is 0 Å². The quantitative estimate of drug-likeness (QED) is 0.708. The molecule has 0 atom stereocenters. The van der Waals surface area contributed by atoms with Gasteiger partial charge in [0.25, 0.3) is 0 Å². The normalized spacial score (nSPS) is 9.15. The van der Waals surface area contributed by atoms with Gasteiger partial charge in [0.15, 0.2) is 0 Å². The maximum absolute atomic E-state index is 5.80. The largest absolute Gasteiger partial charge is 0.309 e. The van der Waals surface area contributed by atoms with Gasteiger partial charge in [-0.25, -0.2) is 0 Å². The van der Waals surface area contributed by atoms with Crippen molar-refractivity contribution in [2.75, 3.05) is 13.6 Å². The van der Waals surface area contributed by atoms with Crippen molar-refractivity contribution in [2.24, 2.45) is 0 Å². The molecule has 68 valence electrons. The maximum atomic E-state index is 5.80. The molecule has 1 aromatic rings. The van der Waals surface area contributed by atoms with Gasteiger partial charge in [-0.1, -0.05) is 35.0 Å². The lowest BCUT2D eigenvalue weighted by Crippen LogP contribution is -2.04. The molecular weight excluding hydrogens is 205 g/mol. The molecule has 0 radical (unpaired) electrons. The van der Waals surface area contributed by atoms with Crippen LogP contribution in [0.4, 0.5) is 0 Å². The number of hydrogen-bond acceptors (Lipinski definition) is 1. The molecule has 1 N–H and O–H groups in total. The summed E-state index contributed by atoms with van der Waals surface area (Å²) in [4.78, 5) is 0. The second-order valence-electron chi connectivity index (χ2n) is 2.49. The van der Waals surface area contributed by atoms with Gasteiger partial charge in [0.1, 0.15) is 0 Å². The summed E-state index contributed by atoms with van der Waals surface area (Å²) in [6.07, 6.45) is 0. The molecule has 0 unspecified atom stereocenters. The summed E-state index contributed by atoms with van der Waals surface area (Å²) in [6.45, 7) is 0.657. The summed E-state index contributed by atoms with van der Waals surface area (Å²) in [5, 5.41) is 4.15. The van der Waals surface area contributed by atoms with Crippen LogP contribution in [0.3, 0.4) is 0 Å². The summed E-state index contributed by atoms with van der Waals surface area (Å²) in [7, 11) is 1.85. The highest BCUT2D eigenvalue weighted by Gasteiger charge is 1.93. The Morgan fingerprint density at radius 3 is 2.38 bits per heavy atom. The van der Waals surface area contributed by atoms with Crippen molar-refractivity contribution in [3.05, 3.63) is 33.8 Å². The summed E-state index contributed by atoms with van der Waals surface area (Å²) in [6, 6.07) is 5.26. The second-order valence-corrected chi connectivity index (χ2v) is 3.36. The van der Waals surface area contributed by atoms with E-state index in [-0.39, 0.29) is 0 Å². The molecule has 0 fully saturated rings. The molecule has 0 saturated carbocycles. The van der Waals surface area contributed by atoms with E-state index in [1.807, 2.05) is 7.05 Å². The molecule has 0 amide bonds. The van der Waals surface area contributed by atoms with Gasteiger partial charge in [0, 0.05) is 15.6 Å². The van der Waals surface area contributed by atoms with E-state index in [0.29, 0.717) is 16.6 Å². The van der Waals surface area contributed by atoms with Gasteiger partial charge < -0.3 is 5.32 Å². The molecule has 0 spiro atoms. The molecule has 0 aliphatic rings. The Bertz CT molecular complexity index is 329. The molecule has 0 saturated heterocycles. The van der Waals surface area contributed by atoms with E-state index in [2.05, 4.69) is 17.2 Å². The SMILES string of the molecule is CNCC#Cc1cc(Cl)cc(Cl)c1. The fraction of sp³-hybridized carbons (Fsp3) is 0.200. The molecule has 13 heavy (non-hydrogen) atoms. The van der Waals surface area contributed by atoms with Crippen LogP contribution in [0.1, 0.15) is 5.56 Å². The van der Waals surface area contributed by atoms with Crippen LogP contribution >= 0.6 is 23.2 Å². The topological polar surface area (TPSA) is 12.0 Å². The lowest BCUT2D eigenvalue weighted by Gasteiger charge is -1.94. The molecule has 1 nitrogen and oxygen atoms in total. The van der Waals surface area contributed by atoms with Crippen molar-refractivity contribution in [1.82, 2.24) is 5.32 Å². The Morgan fingerprint density at radius 1 is 1.23 bits per heavy atom. The Kier molecular flexibility index (Phi) is 4.11. The van der Waals surface area contributed by atoms with Crippen LogP contribution in [0.2, 0.25) is 10.0 Å². The number of nitrogens with one attached hydrogen (secondary N) is 1. The molecule has 0 aliphatic heterocycles. The van der Waals surface area contributed by atoms with Crippen molar-refractivity contribution in [3.63, 3.8) is 0 Å². The van der Waals surface area contributed by atoms with E-state index >= 15 is 0 Å². The van der Waals surface area contributed by atoms with Crippen molar-refractivity contribution >= 4 is 23.2 Å². The highest BCUT2D eigenvalue weighted by molar-refractivity contribution is 6.34. The molecule has 0 aliphatic carbocycles. The monoisotopic (exact) mass is 213 g/mol. The van der Waals surface area contributed by atoms with Crippen molar-refractivity contribution in [2.45, 2.75) is 0 Å². The summed E-state index contributed by atoms with van der Waals surface area (Å²) < 4.78 is 0. The molecule has 0 heterocycles. The third-order valence-electron chi connectivity index (χ3n) is 1.36. The Labute approximate surface area is 88.0 Å². The Morgan fingerprint density at radius 2 is 1.85 bits per heavy atom. The van der Waals surface area contributed by atoms with Crippen LogP contribution in [0.5, 0.6) is 0 Å². The van der Waals surface area contributed by atoms with Crippen LogP contribution in [-0.4, -0.2) is 13.6 Å². The predicted molar refractivity (Wildman–Crippen MR) is 57.3 cm³/mol. The first kappa shape index (κ1) is 10.4. The lowest BCUT2D eigenvalue weighted by atomic mass is 10.2. The molecule has 0 aromatic heterocycles. The minimum Gasteiger partial charge on any atom is -0.309 e. The van der Waals surface area contributed by atoms with E-state index in [4.69, 9.17) is 23.2 Å². The minimum atomic E-state index is 0.612. The average molecular weight is 214 g/mol. The van der Waals surface area contributed by atoms with Crippen molar-refractivity contribution in [3.8, 4) is 11.8 Å². The van der Waals surface area contributed by atoms with Gasteiger partial charge in [-0.05, 0) is 25.2 Å². The lowest BCUT2D eigenvalue weighted by molar-refractivity contribution is 0.938. The zero-order valence-electron chi connectivity index (χ0n) is 7.20. The third-order valence-corrected chi connectivity index (χ3v) is 1.80. The van der Waals surface area contributed by atoms with Crippen molar-refractivity contribution in [1.29, 1.82) is 0 Å². The van der Waals surface area contributed by atoms with Crippen molar-refractivity contribution < 1.29 is 0 Å². The number of halogens is 2. The summed E-state index contributed by atoms with van der Waals surface area (Å²) in [5.41, 5.74) is 0.841. The maximum Gasteiger partial charge on any atom is 0.0577 e.